The summed E-state index contributed by atoms with van der Waals surface area (Å²) in [6, 6.07) is 12.7. The van der Waals surface area contributed by atoms with Gasteiger partial charge in [-0.05, 0) is 23.6 Å². The molecule has 1 aromatic carbocycles. The zero-order chi connectivity index (χ0) is 14.5. The van der Waals surface area contributed by atoms with E-state index in [1.165, 1.54) is 11.3 Å². The van der Waals surface area contributed by atoms with Crippen molar-refractivity contribution in [2.45, 2.75) is 6.54 Å². The van der Waals surface area contributed by atoms with Crippen LogP contribution in [0.2, 0.25) is 0 Å². The SMILES string of the molecule is O=C(NCc1nc(-c2cccs2)no1)Nc1ccccc1. The molecule has 0 unspecified atom stereocenters. The molecule has 2 heterocycles. The zero-order valence-electron chi connectivity index (χ0n) is 10.9. The molecule has 0 saturated heterocycles. The van der Waals surface area contributed by atoms with E-state index in [0.717, 1.165) is 10.6 Å². The largest absolute Gasteiger partial charge is 0.337 e. The summed E-state index contributed by atoms with van der Waals surface area (Å²) in [6.07, 6.45) is 0. The number of nitrogens with one attached hydrogen (secondary N) is 2. The number of benzene rings is 1. The predicted molar refractivity (Wildman–Crippen MR) is 79.9 cm³/mol. The van der Waals surface area contributed by atoms with Crippen molar-refractivity contribution in [1.29, 1.82) is 0 Å². The third kappa shape index (κ3) is 3.46. The Morgan fingerprint density at radius 3 is 2.81 bits per heavy atom. The minimum absolute atomic E-state index is 0.178. The van der Waals surface area contributed by atoms with Crippen LogP contribution in [-0.2, 0) is 6.54 Å². The van der Waals surface area contributed by atoms with Gasteiger partial charge in [-0.3, -0.25) is 0 Å². The lowest BCUT2D eigenvalue weighted by molar-refractivity contribution is 0.249. The van der Waals surface area contributed by atoms with E-state index in [4.69, 9.17) is 4.52 Å². The van der Waals surface area contributed by atoms with Gasteiger partial charge in [0.25, 0.3) is 0 Å². The summed E-state index contributed by atoms with van der Waals surface area (Å²) in [5, 5.41) is 11.2. The summed E-state index contributed by atoms with van der Waals surface area (Å²) >= 11 is 1.53. The molecule has 3 rings (SSSR count). The Bertz CT molecular complexity index is 710. The first-order valence-corrected chi connectivity index (χ1v) is 7.15. The van der Waals surface area contributed by atoms with Crippen molar-refractivity contribution in [3.63, 3.8) is 0 Å². The van der Waals surface area contributed by atoms with E-state index in [1.54, 1.807) is 12.1 Å². The van der Waals surface area contributed by atoms with Gasteiger partial charge in [0.1, 0.15) is 0 Å². The number of hydrogen-bond acceptors (Lipinski definition) is 5. The van der Waals surface area contributed by atoms with E-state index in [1.807, 2.05) is 35.7 Å². The maximum absolute atomic E-state index is 11.7. The Labute approximate surface area is 124 Å². The number of carbonyl (C=O) groups is 1. The van der Waals surface area contributed by atoms with Crippen LogP contribution in [0.5, 0.6) is 0 Å². The fourth-order valence-corrected chi connectivity index (χ4v) is 2.33. The number of rotatable bonds is 4. The molecule has 2 amide bonds. The number of hydrogen-bond donors (Lipinski definition) is 2. The average molecular weight is 300 g/mol. The quantitative estimate of drug-likeness (QED) is 0.775. The number of thiophene rings is 1. The first-order valence-electron chi connectivity index (χ1n) is 6.27. The summed E-state index contributed by atoms with van der Waals surface area (Å²) in [6.45, 7) is 0.178. The number of carbonyl (C=O) groups excluding carboxylic acids is 1. The van der Waals surface area contributed by atoms with Crippen molar-refractivity contribution in [3.05, 3.63) is 53.7 Å². The van der Waals surface area contributed by atoms with Gasteiger partial charge in [0.05, 0.1) is 11.4 Å². The van der Waals surface area contributed by atoms with Gasteiger partial charge in [0.2, 0.25) is 11.7 Å². The first kappa shape index (κ1) is 13.3. The second kappa shape index (κ2) is 6.19. The number of anilines is 1. The molecule has 0 aliphatic heterocycles. The molecule has 0 radical (unpaired) electrons. The van der Waals surface area contributed by atoms with E-state index in [-0.39, 0.29) is 12.6 Å². The smallest absolute Gasteiger partial charge is 0.319 e. The number of aromatic nitrogens is 2. The summed E-state index contributed by atoms with van der Waals surface area (Å²) in [4.78, 5) is 16.9. The van der Waals surface area contributed by atoms with Crippen LogP contribution in [-0.4, -0.2) is 16.2 Å². The summed E-state index contributed by atoms with van der Waals surface area (Å²) in [5.41, 5.74) is 0.722. The molecule has 106 valence electrons. The van der Waals surface area contributed by atoms with Crippen LogP contribution in [0.25, 0.3) is 10.7 Å². The Balaban J connectivity index is 1.54. The van der Waals surface area contributed by atoms with Gasteiger partial charge in [-0.25, -0.2) is 4.79 Å². The molecule has 0 aliphatic carbocycles. The van der Waals surface area contributed by atoms with E-state index >= 15 is 0 Å². The highest BCUT2D eigenvalue weighted by Gasteiger charge is 2.10. The fourth-order valence-electron chi connectivity index (χ4n) is 1.69. The highest BCUT2D eigenvalue weighted by Crippen LogP contribution is 2.21. The van der Waals surface area contributed by atoms with Crippen molar-refractivity contribution >= 4 is 23.1 Å². The van der Waals surface area contributed by atoms with Crippen molar-refractivity contribution in [1.82, 2.24) is 15.5 Å². The van der Waals surface area contributed by atoms with Crippen LogP contribution in [0.15, 0.2) is 52.4 Å². The second-order valence-corrected chi connectivity index (χ2v) is 5.11. The first-order chi connectivity index (χ1) is 10.3. The molecule has 21 heavy (non-hydrogen) atoms. The lowest BCUT2D eigenvalue weighted by Crippen LogP contribution is -2.28. The van der Waals surface area contributed by atoms with Gasteiger partial charge in [-0.15, -0.1) is 11.3 Å². The Morgan fingerprint density at radius 2 is 2.05 bits per heavy atom. The lowest BCUT2D eigenvalue weighted by atomic mass is 10.3. The Hall–Kier alpha value is -2.67. The molecule has 0 atom stereocenters. The minimum Gasteiger partial charge on any atom is -0.337 e. The molecule has 2 N–H and O–H groups in total. The normalized spacial score (nSPS) is 10.3. The summed E-state index contributed by atoms with van der Waals surface area (Å²) in [5.74, 6) is 0.895. The highest BCUT2D eigenvalue weighted by atomic mass is 32.1. The molecule has 0 spiro atoms. The zero-order valence-corrected chi connectivity index (χ0v) is 11.8. The van der Waals surface area contributed by atoms with Gasteiger partial charge < -0.3 is 15.2 Å². The van der Waals surface area contributed by atoms with Crippen LogP contribution in [0.1, 0.15) is 5.89 Å². The van der Waals surface area contributed by atoms with Gasteiger partial charge >= 0.3 is 6.03 Å². The van der Waals surface area contributed by atoms with Crippen LogP contribution in [0.3, 0.4) is 0 Å². The Morgan fingerprint density at radius 1 is 1.19 bits per heavy atom. The minimum atomic E-state index is -0.322. The molecule has 0 bridgehead atoms. The van der Waals surface area contributed by atoms with Gasteiger partial charge in [-0.2, -0.15) is 4.98 Å². The lowest BCUT2D eigenvalue weighted by Gasteiger charge is -2.04. The van der Waals surface area contributed by atoms with Crippen molar-refractivity contribution < 1.29 is 9.32 Å². The second-order valence-electron chi connectivity index (χ2n) is 4.16. The molecular formula is C14H12N4O2S. The van der Waals surface area contributed by atoms with Crippen LogP contribution in [0.4, 0.5) is 10.5 Å². The number of nitrogens with zero attached hydrogens (tertiary/aromatic N) is 2. The number of amides is 2. The molecule has 7 heteroatoms. The number of para-hydroxylation sites is 1. The molecular weight excluding hydrogens is 288 g/mol. The van der Waals surface area contributed by atoms with E-state index < -0.39 is 0 Å². The molecule has 0 aliphatic rings. The highest BCUT2D eigenvalue weighted by molar-refractivity contribution is 7.13. The monoisotopic (exact) mass is 300 g/mol. The maximum atomic E-state index is 11.7. The average Bonchev–Trinajstić information content (AvgIpc) is 3.17. The number of urea groups is 1. The molecule has 6 nitrogen and oxygen atoms in total. The fraction of sp³-hybridized carbons (Fsp3) is 0.0714. The van der Waals surface area contributed by atoms with Crippen molar-refractivity contribution in [2.24, 2.45) is 0 Å². The van der Waals surface area contributed by atoms with E-state index in [0.29, 0.717) is 11.7 Å². The van der Waals surface area contributed by atoms with Crippen LogP contribution in [0, 0.1) is 0 Å². The van der Waals surface area contributed by atoms with Gasteiger partial charge in [-0.1, -0.05) is 29.4 Å². The maximum Gasteiger partial charge on any atom is 0.319 e. The van der Waals surface area contributed by atoms with Crippen LogP contribution < -0.4 is 10.6 Å². The van der Waals surface area contributed by atoms with E-state index in [9.17, 15) is 4.79 Å². The van der Waals surface area contributed by atoms with E-state index in [2.05, 4.69) is 20.8 Å². The van der Waals surface area contributed by atoms with Crippen LogP contribution >= 0.6 is 11.3 Å². The third-order valence-electron chi connectivity index (χ3n) is 2.64. The molecule has 0 fully saturated rings. The standard InChI is InChI=1S/C14H12N4O2S/c19-14(16-10-5-2-1-3-6-10)15-9-12-17-13(18-20-12)11-7-4-8-21-11/h1-8H,9H2,(H2,15,16,19). The summed E-state index contributed by atoms with van der Waals surface area (Å²) < 4.78 is 5.09. The van der Waals surface area contributed by atoms with Crippen molar-refractivity contribution in [2.75, 3.05) is 5.32 Å². The molecule has 2 aromatic heterocycles. The summed E-state index contributed by atoms with van der Waals surface area (Å²) in [7, 11) is 0. The molecule has 0 saturated carbocycles. The van der Waals surface area contributed by atoms with Gasteiger partial charge in [0, 0.05) is 5.69 Å². The van der Waals surface area contributed by atoms with Crippen molar-refractivity contribution in [3.8, 4) is 10.7 Å². The third-order valence-corrected chi connectivity index (χ3v) is 3.51. The topological polar surface area (TPSA) is 80.1 Å². The molecule has 3 aromatic rings. The Kier molecular flexibility index (Phi) is 3.92. The van der Waals surface area contributed by atoms with Gasteiger partial charge in [0.15, 0.2) is 0 Å². The predicted octanol–water partition coefficient (Wildman–Crippen LogP) is 3.12.